The van der Waals surface area contributed by atoms with Gasteiger partial charge >= 0.3 is 0 Å². The molecule has 2 rings (SSSR count). The minimum absolute atomic E-state index is 0.0939. The first-order valence-corrected chi connectivity index (χ1v) is 7.35. The van der Waals surface area contributed by atoms with Gasteiger partial charge in [0, 0.05) is 16.3 Å². The summed E-state index contributed by atoms with van der Waals surface area (Å²) < 4.78 is 0. The van der Waals surface area contributed by atoms with Crippen LogP contribution in [0.5, 0.6) is 0 Å². The Balaban J connectivity index is 1.87. The Labute approximate surface area is 134 Å². The first kappa shape index (κ1) is 16.0. The minimum atomic E-state index is -0.0939. The molecule has 0 saturated heterocycles. The van der Waals surface area contributed by atoms with Crippen LogP contribution >= 0.6 is 11.6 Å². The molecule has 0 unspecified atom stereocenters. The van der Waals surface area contributed by atoms with Gasteiger partial charge in [-0.15, -0.1) is 0 Å². The van der Waals surface area contributed by atoms with Crippen molar-refractivity contribution in [3.63, 3.8) is 0 Å². The standard InChI is InChI=1S/C17H16ClN3O/c1-12(15-4-2-3-5-16(15)18)20-11-17(22)21-14-8-6-13(10-19)7-9-14/h2-9,12,20H,11H2,1H3,(H,21,22)/p+1/t12-/m1/s1. The van der Waals surface area contributed by atoms with Crippen LogP contribution in [0.15, 0.2) is 48.5 Å². The van der Waals surface area contributed by atoms with Gasteiger partial charge in [-0.05, 0) is 37.3 Å². The first-order chi connectivity index (χ1) is 10.6. The van der Waals surface area contributed by atoms with E-state index in [0.29, 0.717) is 22.8 Å². The SMILES string of the molecule is C[C@@H]([NH2+]CC(=O)Nc1ccc(C#N)cc1)c1ccccc1Cl. The highest BCUT2D eigenvalue weighted by atomic mass is 35.5. The molecule has 0 aliphatic carbocycles. The smallest absolute Gasteiger partial charge is 0.279 e. The predicted molar refractivity (Wildman–Crippen MR) is 86.4 cm³/mol. The fraction of sp³-hybridized carbons (Fsp3) is 0.176. The molecular weight excluding hydrogens is 298 g/mol. The summed E-state index contributed by atoms with van der Waals surface area (Å²) in [5.74, 6) is -0.0939. The highest BCUT2D eigenvalue weighted by Crippen LogP contribution is 2.19. The molecule has 0 saturated carbocycles. The number of anilines is 1. The molecule has 1 atom stereocenters. The quantitative estimate of drug-likeness (QED) is 0.890. The third-order valence-electron chi connectivity index (χ3n) is 3.35. The Morgan fingerprint density at radius 2 is 1.95 bits per heavy atom. The van der Waals surface area contributed by atoms with Crippen molar-refractivity contribution < 1.29 is 10.1 Å². The van der Waals surface area contributed by atoms with Crippen molar-refractivity contribution in [3.05, 3.63) is 64.7 Å². The van der Waals surface area contributed by atoms with Crippen LogP contribution in [0.3, 0.4) is 0 Å². The number of halogens is 1. The molecule has 0 heterocycles. The zero-order valence-corrected chi connectivity index (χ0v) is 13.0. The Morgan fingerprint density at radius 1 is 1.27 bits per heavy atom. The van der Waals surface area contributed by atoms with E-state index in [2.05, 4.69) is 5.32 Å². The van der Waals surface area contributed by atoms with Crippen molar-refractivity contribution in [1.29, 1.82) is 5.26 Å². The summed E-state index contributed by atoms with van der Waals surface area (Å²) in [5, 5.41) is 14.2. The molecule has 2 aromatic rings. The molecule has 0 aliphatic rings. The van der Waals surface area contributed by atoms with Crippen molar-refractivity contribution in [2.75, 3.05) is 11.9 Å². The summed E-state index contributed by atoms with van der Waals surface area (Å²) >= 11 is 6.15. The van der Waals surface area contributed by atoms with Gasteiger partial charge in [-0.25, -0.2) is 0 Å². The number of nitrogens with two attached hydrogens (primary N) is 1. The number of rotatable bonds is 5. The molecule has 5 heteroatoms. The number of hydrogen-bond acceptors (Lipinski definition) is 2. The Morgan fingerprint density at radius 3 is 2.59 bits per heavy atom. The molecule has 0 fully saturated rings. The van der Waals surface area contributed by atoms with Gasteiger partial charge in [-0.2, -0.15) is 5.26 Å². The number of quaternary nitrogens is 1. The second kappa shape index (κ2) is 7.60. The van der Waals surface area contributed by atoms with E-state index in [1.165, 1.54) is 0 Å². The maximum atomic E-state index is 11.9. The van der Waals surface area contributed by atoms with Crippen LogP contribution in [0.2, 0.25) is 5.02 Å². The van der Waals surface area contributed by atoms with Crippen LogP contribution in [0.25, 0.3) is 0 Å². The highest BCUT2D eigenvalue weighted by Gasteiger charge is 2.14. The van der Waals surface area contributed by atoms with Crippen molar-refractivity contribution in [2.45, 2.75) is 13.0 Å². The Hall–Kier alpha value is -2.35. The van der Waals surface area contributed by atoms with Crippen LogP contribution in [-0.4, -0.2) is 12.5 Å². The second-order valence-electron chi connectivity index (χ2n) is 4.99. The predicted octanol–water partition coefficient (Wildman–Crippen LogP) is 2.47. The summed E-state index contributed by atoms with van der Waals surface area (Å²) in [4.78, 5) is 11.9. The van der Waals surface area contributed by atoms with Crippen LogP contribution in [0.1, 0.15) is 24.1 Å². The van der Waals surface area contributed by atoms with E-state index < -0.39 is 0 Å². The lowest BCUT2D eigenvalue weighted by Gasteiger charge is -2.12. The second-order valence-corrected chi connectivity index (χ2v) is 5.39. The van der Waals surface area contributed by atoms with Crippen LogP contribution < -0.4 is 10.6 Å². The summed E-state index contributed by atoms with van der Waals surface area (Å²) in [7, 11) is 0. The zero-order valence-electron chi connectivity index (χ0n) is 12.2. The monoisotopic (exact) mass is 314 g/mol. The van der Waals surface area contributed by atoms with E-state index in [1.54, 1.807) is 24.3 Å². The van der Waals surface area contributed by atoms with Crippen molar-refractivity contribution >= 4 is 23.2 Å². The topological polar surface area (TPSA) is 69.5 Å². The van der Waals surface area contributed by atoms with E-state index >= 15 is 0 Å². The third-order valence-corrected chi connectivity index (χ3v) is 3.69. The van der Waals surface area contributed by atoms with Gasteiger partial charge in [-0.3, -0.25) is 4.79 Å². The summed E-state index contributed by atoms with van der Waals surface area (Å²) in [6.45, 7) is 2.31. The van der Waals surface area contributed by atoms with Crippen LogP contribution in [0, 0.1) is 11.3 Å². The minimum Gasteiger partial charge on any atom is -0.332 e. The third kappa shape index (κ3) is 4.32. The van der Waals surface area contributed by atoms with Crippen molar-refractivity contribution in [2.24, 2.45) is 0 Å². The van der Waals surface area contributed by atoms with Gasteiger partial charge in [0.2, 0.25) is 0 Å². The molecule has 2 aromatic carbocycles. The fourth-order valence-electron chi connectivity index (χ4n) is 2.10. The van der Waals surface area contributed by atoms with Gasteiger partial charge < -0.3 is 10.6 Å². The maximum absolute atomic E-state index is 11.9. The van der Waals surface area contributed by atoms with Crippen molar-refractivity contribution in [1.82, 2.24) is 0 Å². The molecule has 1 amide bonds. The number of nitriles is 1. The number of carbonyl (C=O) groups is 1. The largest absolute Gasteiger partial charge is 0.332 e. The summed E-state index contributed by atoms with van der Waals surface area (Å²) in [5.41, 5.74) is 2.26. The van der Waals surface area contributed by atoms with E-state index in [9.17, 15) is 4.79 Å². The van der Waals surface area contributed by atoms with Gasteiger partial charge in [0.05, 0.1) is 11.6 Å². The molecule has 4 nitrogen and oxygen atoms in total. The number of carbonyl (C=O) groups excluding carboxylic acids is 1. The van der Waals surface area contributed by atoms with Gasteiger partial charge in [0.1, 0.15) is 6.04 Å². The first-order valence-electron chi connectivity index (χ1n) is 6.98. The van der Waals surface area contributed by atoms with Crippen LogP contribution in [-0.2, 0) is 4.79 Å². The van der Waals surface area contributed by atoms with Crippen LogP contribution in [0.4, 0.5) is 5.69 Å². The number of amides is 1. The molecule has 22 heavy (non-hydrogen) atoms. The van der Waals surface area contributed by atoms with Gasteiger partial charge in [0.15, 0.2) is 6.54 Å². The average Bonchev–Trinajstić information content (AvgIpc) is 2.54. The lowest BCUT2D eigenvalue weighted by atomic mass is 10.1. The molecule has 3 N–H and O–H groups in total. The molecule has 0 bridgehead atoms. The lowest BCUT2D eigenvalue weighted by molar-refractivity contribution is -0.682. The zero-order chi connectivity index (χ0) is 15.9. The van der Waals surface area contributed by atoms with E-state index in [-0.39, 0.29) is 11.9 Å². The van der Waals surface area contributed by atoms with Gasteiger partial charge in [0.25, 0.3) is 5.91 Å². The number of hydrogen-bond donors (Lipinski definition) is 2. The lowest BCUT2D eigenvalue weighted by Crippen LogP contribution is -2.86. The number of nitrogens with one attached hydrogen (secondary N) is 1. The molecule has 0 aromatic heterocycles. The molecule has 0 aliphatic heterocycles. The van der Waals surface area contributed by atoms with Gasteiger partial charge in [-0.1, -0.05) is 29.8 Å². The Bertz CT molecular complexity index is 692. The molecule has 0 spiro atoms. The molecule has 112 valence electrons. The van der Waals surface area contributed by atoms with E-state index in [1.807, 2.05) is 42.6 Å². The normalized spacial score (nSPS) is 11.5. The van der Waals surface area contributed by atoms with E-state index in [4.69, 9.17) is 16.9 Å². The highest BCUT2D eigenvalue weighted by molar-refractivity contribution is 6.31. The molecule has 0 radical (unpaired) electrons. The number of nitrogens with zero attached hydrogens (tertiary/aromatic N) is 1. The summed E-state index contributed by atoms with van der Waals surface area (Å²) in [6.07, 6.45) is 0. The van der Waals surface area contributed by atoms with Crippen molar-refractivity contribution in [3.8, 4) is 6.07 Å². The van der Waals surface area contributed by atoms with E-state index in [0.717, 1.165) is 5.56 Å². The fourth-order valence-corrected chi connectivity index (χ4v) is 2.40. The molecular formula is C17H17ClN3O+. The Kier molecular flexibility index (Phi) is 5.54. The maximum Gasteiger partial charge on any atom is 0.279 e. The summed E-state index contributed by atoms with van der Waals surface area (Å²) in [6, 6.07) is 16.5. The number of benzene rings is 2. The average molecular weight is 315 g/mol.